The minimum absolute atomic E-state index is 0.0538. The van der Waals surface area contributed by atoms with Gasteiger partial charge in [-0.3, -0.25) is 4.57 Å². The smallest absolute Gasteiger partial charge is 0.451 e. The number of quaternary nitrogens is 1. The topological polar surface area (TPSA) is 45.6 Å². The lowest BCUT2D eigenvalue weighted by molar-refractivity contribution is -0.941. The van der Waals surface area contributed by atoms with E-state index < -0.39 is 12.0 Å². The van der Waals surface area contributed by atoms with Crippen LogP contribution in [0, 0.1) is 4.77 Å². The molecule has 148 valence electrons. The van der Waals surface area contributed by atoms with Gasteiger partial charge in [-0.15, -0.1) is 5.10 Å². The van der Waals surface area contributed by atoms with Crippen molar-refractivity contribution < 1.29 is 27.5 Å². The maximum Gasteiger partial charge on any atom is 0.451 e. The highest BCUT2D eigenvalue weighted by Gasteiger charge is 2.39. The number of likely N-dealkylation sites (tertiary alicyclic amines) is 1. The van der Waals surface area contributed by atoms with Gasteiger partial charge in [0, 0.05) is 19.9 Å². The zero-order chi connectivity index (χ0) is 19.8. The number of benzene rings is 1. The van der Waals surface area contributed by atoms with Crippen LogP contribution in [-0.2, 0) is 19.9 Å². The molecule has 2 atom stereocenters. The predicted molar refractivity (Wildman–Crippen MR) is 94.4 cm³/mol. The molecule has 1 aromatic carbocycles. The molecule has 1 fully saturated rings. The van der Waals surface area contributed by atoms with Gasteiger partial charge in [0.15, 0.2) is 6.67 Å². The van der Waals surface area contributed by atoms with Crippen molar-refractivity contribution in [1.82, 2.24) is 14.3 Å². The van der Waals surface area contributed by atoms with E-state index in [0.717, 1.165) is 40.2 Å². The summed E-state index contributed by atoms with van der Waals surface area (Å²) in [6.45, 7) is 1.07. The Bertz CT molecular complexity index is 878. The second-order valence-corrected chi connectivity index (χ2v) is 6.90. The molecule has 0 aliphatic carbocycles. The molecule has 1 aliphatic rings. The molecule has 0 amide bonds. The standard InChI is InChI=1S/C17H21F3N4O2S/c1-22-15(17(18,19)20)21-24(16(22)27)10-23-8-4-5-13(23)12-9-11(25-2)6-7-14(12)26-3/h6-7,9,13H,4-5,8,10H2,1-3H3/p+1/t13-/m1/s1. The summed E-state index contributed by atoms with van der Waals surface area (Å²) in [6, 6.07) is 5.65. The fourth-order valence-corrected chi connectivity index (χ4v) is 3.81. The Kier molecular flexibility index (Phi) is 5.48. The number of alkyl halides is 3. The molecule has 0 bridgehead atoms. The van der Waals surface area contributed by atoms with E-state index in [1.807, 2.05) is 18.2 Å². The number of hydrogen-bond donors (Lipinski definition) is 1. The van der Waals surface area contributed by atoms with E-state index >= 15 is 0 Å². The number of methoxy groups -OCH3 is 2. The number of hydrogen-bond acceptors (Lipinski definition) is 4. The van der Waals surface area contributed by atoms with Gasteiger partial charge < -0.3 is 14.4 Å². The maximum absolute atomic E-state index is 13.1. The van der Waals surface area contributed by atoms with Crippen molar-refractivity contribution in [2.75, 3.05) is 20.8 Å². The molecule has 3 rings (SSSR count). The van der Waals surface area contributed by atoms with Gasteiger partial charge in [-0.2, -0.15) is 17.9 Å². The van der Waals surface area contributed by atoms with E-state index in [1.165, 1.54) is 11.7 Å². The van der Waals surface area contributed by atoms with Crippen LogP contribution < -0.4 is 14.4 Å². The van der Waals surface area contributed by atoms with E-state index in [-0.39, 0.29) is 17.5 Å². The number of nitrogens with zero attached hydrogens (tertiary/aromatic N) is 3. The highest BCUT2D eigenvalue weighted by Crippen LogP contribution is 2.32. The van der Waals surface area contributed by atoms with Crippen molar-refractivity contribution >= 4 is 12.2 Å². The van der Waals surface area contributed by atoms with Gasteiger partial charge in [-0.05, 0) is 30.4 Å². The first kappa shape index (κ1) is 19.7. The van der Waals surface area contributed by atoms with Crippen molar-refractivity contribution in [1.29, 1.82) is 0 Å². The zero-order valence-electron chi connectivity index (χ0n) is 15.3. The largest absolute Gasteiger partial charge is 0.497 e. The van der Waals surface area contributed by atoms with E-state index in [4.69, 9.17) is 21.7 Å². The highest BCUT2D eigenvalue weighted by molar-refractivity contribution is 7.71. The van der Waals surface area contributed by atoms with Crippen LogP contribution >= 0.6 is 12.2 Å². The molecule has 0 saturated carbocycles. The van der Waals surface area contributed by atoms with Crippen LogP contribution in [0.2, 0.25) is 0 Å². The molecule has 0 spiro atoms. The van der Waals surface area contributed by atoms with E-state index in [2.05, 4.69) is 5.10 Å². The highest BCUT2D eigenvalue weighted by atomic mass is 32.1. The quantitative estimate of drug-likeness (QED) is 0.779. The lowest BCUT2D eigenvalue weighted by Crippen LogP contribution is -3.09. The van der Waals surface area contributed by atoms with Crippen molar-refractivity contribution in [2.45, 2.75) is 31.7 Å². The van der Waals surface area contributed by atoms with Crippen molar-refractivity contribution in [2.24, 2.45) is 7.05 Å². The summed E-state index contributed by atoms with van der Waals surface area (Å²) >= 11 is 5.17. The number of aromatic nitrogens is 3. The van der Waals surface area contributed by atoms with E-state index in [9.17, 15) is 13.2 Å². The van der Waals surface area contributed by atoms with E-state index in [1.54, 1.807) is 14.2 Å². The van der Waals surface area contributed by atoms with Crippen molar-refractivity contribution in [3.8, 4) is 11.5 Å². The number of rotatable bonds is 5. The third kappa shape index (κ3) is 3.81. The summed E-state index contributed by atoms with van der Waals surface area (Å²) in [4.78, 5) is 1.09. The van der Waals surface area contributed by atoms with Crippen LogP contribution in [0.1, 0.15) is 30.3 Å². The lowest BCUT2D eigenvalue weighted by Gasteiger charge is -2.23. The zero-order valence-corrected chi connectivity index (χ0v) is 16.2. The Labute approximate surface area is 160 Å². The first-order valence-corrected chi connectivity index (χ1v) is 8.94. The van der Waals surface area contributed by atoms with Crippen LogP contribution in [0.5, 0.6) is 11.5 Å². The molecule has 2 heterocycles. The van der Waals surface area contributed by atoms with Crippen LogP contribution in [0.15, 0.2) is 18.2 Å². The fraction of sp³-hybridized carbons (Fsp3) is 0.529. The number of nitrogens with one attached hydrogen (secondary N) is 1. The molecule has 0 radical (unpaired) electrons. The van der Waals surface area contributed by atoms with Gasteiger partial charge in [0.1, 0.15) is 17.5 Å². The van der Waals surface area contributed by atoms with Crippen LogP contribution in [-0.4, -0.2) is 35.1 Å². The summed E-state index contributed by atoms with van der Waals surface area (Å²) < 4.78 is 52.3. The van der Waals surface area contributed by atoms with Gasteiger partial charge in [0.2, 0.25) is 10.6 Å². The van der Waals surface area contributed by atoms with Gasteiger partial charge in [-0.1, -0.05) is 0 Å². The molecule has 1 unspecified atom stereocenters. The monoisotopic (exact) mass is 403 g/mol. The van der Waals surface area contributed by atoms with Gasteiger partial charge in [0.25, 0.3) is 0 Å². The van der Waals surface area contributed by atoms with Crippen molar-refractivity contribution in [3.05, 3.63) is 34.4 Å². The molecule has 2 aromatic rings. The normalized spacial score (nSPS) is 20.1. The first-order valence-electron chi connectivity index (χ1n) is 8.53. The molecule has 1 aromatic heterocycles. The average molecular weight is 403 g/mol. The molecule has 1 N–H and O–H groups in total. The Morgan fingerprint density at radius 2 is 2.04 bits per heavy atom. The summed E-state index contributed by atoms with van der Waals surface area (Å²) in [5.74, 6) is 0.466. The Balaban J connectivity index is 1.92. The molecule has 6 nitrogen and oxygen atoms in total. The summed E-state index contributed by atoms with van der Waals surface area (Å²) in [6.07, 6.45) is -2.69. The minimum atomic E-state index is -4.54. The van der Waals surface area contributed by atoms with Crippen LogP contribution in [0.3, 0.4) is 0 Å². The summed E-state index contributed by atoms with van der Waals surface area (Å²) in [5, 5.41) is 3.72. The molecular weight excluding hydrogens is 381 g/mol. The van der Waals surface area contributed by atoms with Crippen molar-refractivity contribution in [3.63, 3.8) is 0 Å². The molecular formula is C17H22F3N4O2S+. The summed E-state index contributed by atoms with van der Waals surface area (Å²) in [7, 11) is 4.48. The maximum atomic E-state index is 13.1. The van der Waals surface area contributed by atoms with Gasteiger partial charge in [0.05, 0.1) is 26.3 Å². The lowest BCUT2D eigenvalue weighted by atomic mass is 10.0. The second kappa shape index (κ2) is 7.51. The SMILES string of the molecule is COc1ccc(OC)c([C@H]2CCC[NH+]2Cn2nc(C(F)(F)F)n(C)c2=S)c1. The average Bonchev–Trinajstić information content (AvgIpc) is 3.20. The molecule has 27 heavy (non-hydrogen) atoms. The Morgan fingerprint density at radius 3 is 2.63 bits per heavy atom. The van der Waals surface area contributed by atoms with Gasteiger partial charge >= 0.3 is 6.18 Å². The number of ether oxygens (including phenoxy) is 2. The first-order chi connectivity index (χ1) is 12.8. The van der Waals surface area contributed by atoms with Crippen LogP contribution in [0.4, 0.5) is 13.2 Å². The summed E-state index contributed by atoms with van der Waals surface area (Å²) in [5.41, 5.74) is 0.975. The fourth-order valence-electron chi connectivity index (χ4n) is 3.62. The molecule has 1 saturated heterocycles. The van der Waals surface area contributed by atoms with E-state index in [0.29, 0.717) is 5.75 Å². The van der Waals surface area contributed by atoms with Gasteiger partial charge in [-0.25, -0.2) is 0 Å². The minimum Gasteiger partial charge on any atom is -0.497 e. The third-order valence-corrected chi connectivity index (χ3v) is 5.43. The number of halogens is 3. The van der Waals surface area contributed by atoms with Crippen LogP contribution in [0.25, 0.3) is 0 Å². The molecule has 10 heteroatoms. The molecule has 1 aliphatic heterocycles. The third-order valence-electron chi connectivity index (χ3n) is 4.94. The Morgan fingerprint density at radius 1 is 1.30 bits per heavy atom. The second-order valence-electron chi connectivity index (χ2n) is 6.53. The Hall–Kier alpha value is -2.07. The predicted octanol–water partition coefficient (Wildman–Crippen LogP) is 2.36.